The highest BCUT2D eigenvalue weighted by Gasteiger charge is 2.23. The molecule has 0 heterocycles. The maximum absolute atomic E-state index is 11.2. The van der Waals surface area contributed by atoms with Crippen molar-refractivity contribution in [2.24, 2.45) is 11.8 Å². The third-order valence-corrected chi connectivity index (χ3v) is 3.37. The zero-order chi connectivity index (χ0) is 13.0. The average molecular weight is 269 g/mol. The summed E-state index contributed by atoms with van der Waals surface area (Å²) in [5.41, 5.74) is 0.974. The molecule has 1 fully saturated rings. The minimum Gasteiger partial charge on any atom is -0.481 e. The Labute approximate surface area is 112 Å². The van der Waals surface area contributed by atoms with Crippen LogP contribution >= 0.6 is 11.6 Å². The van der Waals surface area contributed by atoms with Gasteiger partial charge in [-0.25, -0.2) is 0 Å². The highest BCUT2D eigenvalue weighted by molar-refractivity contribution is 6.30. The maximum Gasteiger partial charge on any atom is 0.309 e. The van der Waals surface area contributed by atoms with E-state index in [0.717, 1.165) is 5.56 Å². The molecule has 0 amide bonds. The van der Waals surface area contributed by atoms with Crippen molar-refractivity contribution >= 4 is 17.6 Å². The number of ether oxygens (including phenoxy) is 1. The van der Waals surface area contributed by atoms with E-state index in [4.69, 9.17) is 21.4 Å². The second-order valence-electron chi connectivity index (χ2n) is 4.85. The Morgan fingerprint density at radius 3 is 2.61 bits per heavy atom. The van der Waals surface area contributed by atoms with E-state index in [0.29, 0.717) is 24.0 Å². The van der Waals surface area contributed by atoms with Gasteiger partial charge in [0.05, 0.1) is 12.5 Å². The first-order valence-electron chi connectivity index (χ1n) is 6.20. The smallest absolute Gasteiger partial charge is 0.309 e. The molecular formula is C14H17ClO3. The van der Waals surface area contributed by atoms with Gasteiger partial charge in [0.25, 0.3) is 0 Å². The van der Waals surface area contributed by atoms with Crippen molar-refractivity contribution in [2.75, 3.05) is 13.2 Å². The minimum absolute atomic E-state index is 0.286. The van der Waals surface area contributed by atoms with Gasteiger partial charge in [-0.15, -0.1) is 0 Å². The van der Waals surface area contributed by atoms with Gasteiger partial charge in [-0.2, -0.15) is 0 Å². The Morgan fingerprint density at radius 2 is 2.06 bits per heavy atom. The van der Waals surface area contributed by atoms with Crippen molar-refractivity contribution < 1.29 is 14.6 Å². The molecule has 0 saturated heterocycles. The van der Waals surface area contributed by atoms with Crippen LogP contribution in [0.2, 0.25) is 5.02 Å². The number of rotatable bonds is 7. The van der Waals surface area contributed by atoms with Gasteiger partial charge in [0.15, 0.2) is 0 Å². The van der Waals surface area contributed by atoms with Gasteiger partial charge < -0.3 is 9.84 Å². The second kappa shape index (κ2) is 6.21. The third kappa shape index (κ3) is 4.31. The molecule has 2 rings (SSSR count). The van der Waals surface area contributed by atoms with Gasteiger partial charge in [-0.05, 0) is 42.9 Å². The number of halogens is 1. The van der Waals surface area contributed by atoms with E-state index >= 15 is 0 Å². The molecule has 0 aliphatic heterocycles. The van der Waals surface area contributed by atoms with Gasteiger partial charge in [-0.3, -0.25) is 4.79 Å². The summed E-state index contributed by atoms with van der Waals surface area (Å²) < 4.78 is 5.47. The number of aliphatic carboxylic acids is 1. The predicted molar refractivity (Wildman–Crippen MR) is 69.8 cm³/mol. The lowest BCUT2D eigenvalue weighted by molar-refractivity contribution is -0.143. The molecule has 4 heteroatoms. The van der Waals surface area contributed by atoms with Gasteiger partial charge >= 0.3 is 5.97 Å². The van der Waals surface area contributed by atoms with Crippen molar-refractivity contribution in [3.05, 3.63) is 34.9 Å². The first-order chi connectivity index (χ1) is 8.65. The standard InChI is InChI=1S/C14H17ClO3/c15-13-5-3-10(4-6-13)7-12(14(16)17)9-18-8-11-1-2-11/h3-6,11-12H,1-2,7-9H2,(H,16,17). The first-order valence-corrected chi connectivity index (χ1v) is 6.58. The second-order valence-corrected chi connectivity index (χ2v) is 5.28. The fourth-order valence-electron chi connectivity index (χ4n) is 1.78. The molecule has 1 aliphatic rings. The molecule has 1 N–H and O–H groups in total. The van der Waals surface area contributed by atoms with Crippen LogP contribution in [0.15, 0.2) is 24.3 Å². The van der Waals surface area contributed by atoms with Crippen molar-refractivity contribution in [1.82, 2.24) is 0 Å². The van der Waals surface area contributed by atoms with Crippen molar-refractivity contribution in [1.29, 1.82) is 0 Å². The molecule has 18 heavy (non-hydrogen) atoms. The summed E-state index contributed by atoms with van der Waals surface area (Å²) in [4.78, 5) is 11.2. The molecule has 1 saturated carbocycles. The highest BCUT2D eigenvalue weighted by Crippen LogP contribution is 2.29. The first kappa shape index (κ1) is 13.4. The van der Waals surface area contributed by atoms with Crippen LogP contribution in [-0.2, 0) is 16.0 Å². The molecule has 98 valence electrons. The number of hydrogen-bond donors (Lipinski definition) is 1. The fourth-order valence-corrected chi connectivity index (χ4v) is 1.91. The molecule has 0 aromatic heterocycles. The van der Waals surface area contributed by atoms with Crippen LogP contribution in [0.25, 0.3) is 0 Å². The highest BCUT2D eigenvalue weighted by atomic mass is 35.5. The molecule has 0 spiro atoms. The van der Waals surface area contributed by atoms with E-state index in [9.17, 15) is 4.79 Å². The van der Waals surface area contributed by atoms with Crippen LogP contribution in [0.4, 0.5) is 0 Å². The zero-order valence-electron chi connectivity index (χ0n) is 10.1. The van der Waals surface area contributed by atoms with Gasteiger partial charge in [0.1, 0.15) is 0 Å². The van der Waals surface area contributed by atoms with Crippen LogP contribution in [0.3, 0.4) is 0 Å². The quantitative estimate of drug-likeness (QED) is 0.827. The number of carbonyl (C=O) groups is 1. The van der Waals surface area contributed by atoms with Crippen molar-refractivity contribution in [2.45, 2.75) is 19.3 Å². The molecule has 0 bridgehead atoms. The van der Waals surface area contributed by atoms with Crippen LogP contribution in [0.5, 0.6) is 0 Å². The largest absolute Gasteiger partial charge is 0.481 e. The summed E-state index contributed by atoms with van der Waals surface area (Å²) in [6.07, 6.45) is 2.92. The summed E-state index contributed by atoms with van der Waals surface area (Å²) in [6.45, 7) is 0.985. The SMILES string of the molecule is O=C(O)C(COCC1CC1)Cc1ccc(Cl)cc1. The van der Waals surface area contributed by atoms with Gasteiger partial charge in [0.2, 0.25) is 0 Å². The van der Waals surface area contributed by atoms with Gasteiger partial charge in [-0.1, -0.05) is 23.7 Å². The summed E-state index contributed by atoms with van der Waals surface area (Å²) in [7, 11) is 0. The number of carboxylic acid groups (broad SMARTS) is 1. The maximum atomic E-state index is 11.2. The normalized spacial score (nSPS) is 16.5. The Kier molecular flexibility index (Phi) is 4.61. The summed E-state index contributed by atoms with van der Waals surface area (Å²) in [5.74, 6) is -0.624. The monoisotopic (exact) mass is 268 g/mol. The predicted octanol–water partition coefficient (Wildman–Crippen LogP) is 3.01. The minimum atomic E-state index is -0.805. The van der Waals surface area contributed by atoms with E-state index < -0.39 is 11.9 Å². The lowest BCUT2D eigenvalue weighted by atomic mass is 10.0. The Hall–Kier alpha value is -1.06. The third-order valence-electron chi connectivity index (χ3n) is 3.11. The molecule has 1 unspecified atom stereocenters. The topological polar surface area (TPSA) is 46.5 Å². The summed E-state index contributed by atoms with van der Waals surface area (Å²) >= 11 is 5.80. The molecule has 3 nitrogen and oxygen atoms in total. The number of hydrogen-bond acceptors (Lipinski definition) is 2. The molecule has 1 aromatic carbocycles. The van der Waals surface area contributed by atoms with E-state index in [1.165, 1.54) is 12.8 Å². The Morgan fingerprint density at radius 1 is 1.39 bits per heavy atom. The van der Waals surface area contributed by atoms with Crippen LogP contribution in [-0.4, -0.2) is 24.3 Å². The Balaban J connectivity index is 1.84. The van der Waals surface area contributed by atoms with Crippen LogP contribution in [0.1, 0.15) is 18.4 Å². The van der Waals surface area contributed by atoms with Crippen molar-refractivity contribution in [3.8, 4) is 0 Å². The molecule has 1 atom stereocenters. The van der Waals surface area contributed by atoms with E-state index in [2.05, 4.69) is 0 Å². The lowest BCUT2D eigenvalue weighted by Crippen LogP contribution is -2.22. The Bertz CT molecular complexity index is 398. The number of carboxylic acids is 1. The zero-order valence-corrected chi connectivity index (χ0v) is 10.9. The van der Waals surface area contributed by atoms with Crippen molar-refractivity contribution in [3.63, 3.8) is 0 Å². The summed E-state index contributed by atoms with van der Waals surface area (Å²) in [5, 5.41) is 9.83. The fraction of sp³-hybridized carbons (Fsp3) is 0.500. The molecule has 1 aromatic rings. The van der Waals surface area contributed by atoms with E-state index in [1.54, 1.807) is 12.1 Å². The average Bonchev–Trinajstić information content (AvgIpc) is 3.14. The van der Waals surface area contributed by atoms with Gasteiger partial charge in [0, 0.05) is 11.6 Å². The molecule has 1 aliphatic carbocycles. The summed E-state index contributed by atoms with van der Waals surface area (Å²) in [6, 6.07) is 7.28. The lowest BCUT2D eigenvalue weighted by Gasteiger charge is -2.12. The van der Waals surface area contributed by atoms with E-state index in [1.807, 2.05) is 12.1 Å². The molecular weight excluding hydrogens is 252 g/mol. The molecule has 0 radical (unpaired) electrons. The van der Waals surface area contributed by atoms with Crippen LogP contribution in [0, 0.1) is 11.8 Å². The van der Waals surface area contributed by atoms with E-state index in [-0.39, 0.29) is 6.61 Å². The van der Waals surface area contributed by atoms with Crippen LogP contribution < -0.4 is 0 Å². The number of benzene rings is 1.